The third kappa shape index (κ3) is 5.26. The van der Waals surface area contributed by atoms with Gasteiger partial charge < -0.3 is 15.5 Å². The summed E-state index contributed by atoms with van der Waals surface area (Å²) in [5, 5.41) is 3.73. The number of nitrogens with two attached hydrogens (primary N) is 1. The van der Waals surface area contributed by atoms with Crippen molar-refractivity contribution in [1.82, 2.24) is 9.97 Å². The van der Waals surface area contributed by atoms with Gasteiger partial charge in [-0.25, -0.2) is 9.37 Å². The lowest BCUT2D eigenvalue weighted by Gasteiger charge is -2.19. The molecule has 0 saturated carbocycles. The van der Waals surface area contributed by atoms with E-state index in [-0.39, 0.29) is 22.8 Å². The lowest BCUT2D eigenvalue weighted by atomic mass is 9.86. The molecule has 33 heavy (non-hydrogen) atoms. The number of rotatable bonds is 6. The number of halogens is 1. The third-order valence-corrected chi connectivity index (χ3v) is 5.56. The van der Waals surface area contributed by atoms with Crippen molar-refractivity contribution in [3.63, 3.8) is 0 Å². The predicted octanol–water partition coefficient (Wildman–Crippen LogP) is 5.54. The van der Waals surface area contributed by atoms with Crippen LogP contribution < -0.4 is 11.1 Å². The molecular formula is C26H27FN4O2. The Morgan fingerprint density at radius 2 is 1.97 bits per heavy atom. The first-order chi connectivity index (χ1) is 15.7. The minimum absolute atomic E-state index is 0.0313. The quantitative estimate of drug-likeness (QED) is 0.405. The summed E-state index contributed by atoms with van der Waals surface area (Å²) < 4.78 is 19.2. The monoisotopic (exact) mass is 446 g/mol. The molecule has 4 rings (SSSR count). The molecule has 0 aliphatic rings. The van der Waals surface area contributed by atoms with Gasteiger partial charge in [-0.1, -0.05) is 51.1 Å². The summed E-state index contributed by atoms with van der Waals surface area (Å²) in [6, 6.07) is 14.0. The molecule has 0 radical (unpaired) electrons. The zero-order valence-electron chi connectivity index (χ0n) is 18.9. The number of amides is 1. The highest BCUT2D eigenvalue weighted by molar-refractivity contribution is 6.03. The van der Waals surface area contributed by atoms with Crippen molar-refractivity contribution >= 4 is 22.5 Å². The Kier molecular flexibility index (Phi) is 6.24. The van der Waals surface area contributed by atoms with Crippen LogP contribution in [-0.4, -0.2) is 15.9 Å². The Hall–Kier alpha value is -3.58. The first-order valence-electron chi connectivity index (χ1n) is 10.9. The van der Waals surface area contributed by atoms with E-state index in [1.807, 2.05) is 12.1 Å². The average Bonchev–Trinajstić information content (AvgIpc) is 3.28. The number of anilines is 1. The van der Waals surface area contributed by atoms with Crippen molar-refractivity contribution in [3.8, 4) is 0 Å². The molecule has 3 N–H and O–H groups in total. The van der Waals surface area contributed by atoms with Crippen LogP contribution in [0.2, 0.25) is 0 Å². The molecule has 0 bridgehead atoms. The molecule has 0 fully saturated rings. The van der Waals surface area contributed by atoms with Crippen LogP contribution in [0.3, 0.4) is 0 Å². The summed E-state index contributed by atoms with van der Waals surface area (Å²) in [4.78, 5) is 21.4. The molecule has 0 spiro atoms. The molecule has 2 aromatic carbocycles. The molecule has 0 aliphatic carbocycles. The van der Waals surface area contributed by atoms with E-state index in [2.05, 4.69) is 48.2 Å². The lowest BCUT2D eigenvalue weighted by molar-refractivity contribution is 0.102. The van der Waals surface area contributed by atoms with Crippen LogP contribution in [0.15, 0.2) is 65.4 Å². The van der Waals surface area contributed by atoms with E-state index in [1.54, 1.807) is 24.4 Å². The van der Waals surface area contributed by atoms with Crippen LogP contribution in [0.4, 0.5) is 10.1 Å². The van der Waals surface area contributed by atoms with Crippen molar-refractivity contribution in [2.75, 3.05) is 5.32 Å². The van der Waals surface area contributed by atoms with Gasteiger partial charge in [0.1, 0.15) is 12.1 Å². The van der Waals surface area contributed by atoms with Crippen LogP contribution >= 0.6 is 0 Å². The van der Waals surface area contributed by atoms with Crippen molar-refractivity contribution in [3.05, 3.63) is 89.5 Å². The average molecular weight is 447 g/mol. The first-order valence-corrected chi connectivity index (χ1v) is 10.9. The van der Waals surface area contributed by atoms with E-state index in [9.17, 15) is 9.18 Å². The molecular weight excluding hydrogens is 419 g/mol. The third-order valence-electron chi connectivity index (χ3n) is 5.56. The van der Waals surface area contributed by atoms with Crippen LogP contribution in [0.25, 0.3) is 10.9 Å². The molecule has 0 saturated heterocycles. The van der Waals surface area contributed by atoms with Gasteiger partial charge in [0.05, 0.1) is 23.4 Å². The summed E-state index contributed by atoms with van der Waals surface area (Å²) in [7, 11) is 0. The van der Waals surface area contributed by atoms with Gasteiger partial charge in [-0.05, 0) is 47.6 Å². The number of oxazole rings is 1. The molecule has 6 nitrogen and oxygen atoms in total. The van der Waals surface area contributed by atoms with Crippen molar-refractivity contribution in [2.24, 2.45) is 5.73 Å². The SMILES string of the molecule is CC(C)(C)c1ccc2cc(NC(=O)c3coc(C(N)CCc4ccccc4F)n3)cnc2c1. The van der Waals surface area contributed by atoms with Crippen LogP contribution in [-0.2, 0) is 11.8 Å². The van der Waals surface area contributed by atoms with Crippen LogP contribution in [0.5, 0.6) is 0 Å². The highest BCUT2D eigenvalue weighted by Gasteiger charge is 2.18. The number of carbonyl (C=O) groups is 1. The maximum absolute atomic E-state index is 13.8. The van der Waals surface area contributed by atoms with Gasteiger partial charge in [-0.3, -0.25) is 9.78 Å². The normalized spacial score (nSPS) is 12.6. The summed E-state index contributed by atoms with van der Waals surface area (Å²) in [5.41, 5.74) is 9.49. The zero-order chi connectivity index (χ0) is 23.6. The molecule has 1 amide bonds. The summed E-state index contributed by atoms with van der Waals surface area (Å²) >= 11 is 0. The fourth-order valence-electron chi connectivity index (χ4n) is 3.55. The van der Waals surface area contributed by atoms with Gasteiger partial charge in [0.15, 0.2) is 5.69 Å². The maximum atomic E-state index is 13.8. The zero-order valence-corrected chi connectivity index (χ0v) is 18.9. The topological polar surface area (TPSA) is 94.0 Å². The molecule has 2 heterocycles. The minimum Gasteiger partial charge on any atom is -0.446 e. The molecule has 170 valence electrons. The molecule has 4 aromatic rings. The largest absolute Gasteiger partial charge is 0.446 e. The lowest BCUT2D eigenvalue weighted by Crippen LogP contribution is -2.15. The second kappa shape index (κ2) is 9.11. The van der Waals surface area contributed by atoms with E-state index in [1.165, 1.54) is 17.9 Å². The Balaban J connectivity index is 1.41. The first kappa shape index (κ1) is 22.6. The molecule has 1 atom stereocenters. The van der Waals surface area contributed by atoms with Gasteiger partial charge in [0.2, 0.25) is 5.89 Å². The second-order valence-electron chi connectivity index (χ2n) is 9.14. The number of hydrogen-bond donors (Lipinski definition) is 2. The number of pyridine rings is 1. The highest BCUT2D eigenvalue weighted by atomic mass is 19.1. The summed E-state index contributed by atoms with van der Waals surface area (Å²) in [6.07, 6.45) is 3.77. The molecule has 0 aliphatic heterocycles. The number of nitrogens with zero attached hydrogens (tertiary/aromatic N) is 2. The van der Waals surface area contributed by atoms with Crippen molar-refractivity contribution in [2.45, 2.75) is 45.1 Å². The number of fused-ring (bicyclic) bond motifs is 1. The molecule has 1 unspecified atom stereocenters. The summed E-state index contributed by atoms with van der Waals surface area (Å²) in [5.74, 6) is -0.447. The Bertz CT molecular complexity index is 1290. The number of aromatic nitrogens is 2. The Morgan fingerprint density at radius 3 is 2.73 bits per heavy atom. The van der Waals surface area contributed by atoms with Crippen LogP contribution in [0, 0.1) is 5.82 Å². The van der Waals surface area contributed by atoms with Gasteiger partial charge in [0, 0.05) is 5.39 Å². The van der Waals surface area contributed by atoms with E-state index < -0.39 is 11.9 Å². The van der Waals surface area contributed by atoms with Gasteiger partial charge in [-0.2, -0.15) is 0 Å². The Morgan fingerprint density at radius 1 is 1.18 bits per heavy atom. The predicted molar refractivity (Wildman–Crippen MR) is 127 cm³/mol. The van der Waals surface area contributed by atoms with E-state index in [0.717, 1.165) is 10.9 Å². The maximum Gasteiger partial charge on any atom is 0.277 e. The summed E-state index contributed by atoms with van der Waals surface area (Å²) in [6.45, 7) is 6.46. The van der Waals surface area contributed by atoms with E-state index in [0.29, 0.717) is 24.1 Å². The number of aryl methyl sites for hydroxylation is 1. The highest BCUT2D eigenvalue weighted by Crippen LogP contribution is 2.26. The van der Waals surface area contributed by atoms with E-state index in [4.69, 9.17) is 10.2 Å². The standard InChI is InChI=1S/C26H27FN4O2/c1-26(2,3)18-10-8-17-12-19(14-29-22(17)13-18)30-24(32)23-15-33-25(31-23)21(28)11-9-16-6-4-5-7-20(16)27/h4-8,10,12-15,21H,9,11,28H2,1-3H3,(H,30,32). The number of benzene rings is 2. The molecule has 7 heteroatoms. The number of hydrogen-bond acceptors (Lipinski definition) is 5. The number of carbonyl (C=O) groups excluding carboxylic acids is 1. The number of nitrogens with one attached hydrogen (secondary N) is 1. The second-order valence-corrected chi connectivity index (χ2v) is 9.14. The molecule has 2 aromatic heterocycles. The minimum atomic E-state index is -0.550. The van der Waals surface area contributed by atoms with Gasteiger partial charge in [-0.15, -0.1) is 0 Å². The fourth-order valence-corrected chi connectivity index (χ4v) is 3.55. The fraction of sp³-hybridized carbons (Fsp3) is 0.269. The van der Waals surface area contributed by atoms with Gasteiger partial charge in [0.25, 0.3) is 5.91 Å². The van der Waals surface area contributed by atoms with Gasteiger partial charge >= 0.3 is 0 Å². The smallest absolute Gasteiger partial charge is 0.277 e. The van der Waals surface area contributed by atoms with E-state index >= 15 is 0 Å². The Labute approximate surface area is 192 Å². The van der Waals surface area contributed by atoms with Crippen molar-refractivity contribution in [1.29, 1.82) is 0 Å². The van der Waals surface area contributed by atoms with Crippen molar-refractivity contribution < 1.29 is 13.6 Å². The van der Waals surface area contributed by atoms with Crippen LogP contribution in [0.1, 0.15) is 60.7 Å².